The predicted molar refractivity (Wildman–Crippen MR) is 125 cm³/mol. The van der Waals surface area contributed by atoms with Crippen molar-refractivity contribution in [1.29, 1.82) is 0 Å². The quantitative estimate of drug-likeness (QED) is 0.253. The summed E-state index contributed by atoms with van der Waals surface area (Å²) in [7, 11) is 0. The molecule has 4 rings (SSSR count). The van der Waals surface area contributed by atoms with E-state index in [1.165, 1.54) is 0 Å². The second kappa shape index (κ2) is 9.83. The molecular weight excluding hydrogens is 416 g/mol. The summed E-state index contributed by atoms with van der Waals surface area (Å²) in [5.41, 5.74) is 2.98. The van der Waals surface area contributed by atoms with Gasteiger partial charge >= 0.3 is 11.9 Å². The van der Waals surface area contributed by atoms with Gasteiger partial charge in [0, 0.05) is 0 Å². The molecule has 0 heterocycles. The number of ether oxygens (including phenoxy) is 3. The van der Waals surface area contributed by atoms with Crippen molar-refractivity contribution in [2.45, 2.75) is 13.8 Å². The van der Waals surface area contributed by atoms with Crippen molar-refractivity contribution >= 4 is 11.9 Å². The van der Waals surface area contributed by atoms with Gasteiger partial charge in [0.2, 0.25) is 0 Å². The first-order chi connectivity index (χ1) is 16.0. The van der Waals surface area contributed by atoms with Crippen LogP contribution in [0, 0.1) is 13.8 Å². The maximum absolute atomic E-state index is 12.3. The highest BCUT2D eigenvalue weighted by atomic mass is 16.5. The van der Waals surface area contributed by atoms with Gasteiger partial charge in [0.05, 0.1) is 11.1 Å². The van der Waals surface area contributed by atoms with Gasteiger partial charge < -0.3 is 14.2 Å². The van der Waals surface area contributed by atoms with Gasteiger partial charge in [-0.2, -0.15) is 0 Å². The Morgan fingerprint density at radius 2 is 0.879 bits per heavy atom. The Bertz CT molecular complexity index is 1170. The number of hydrogen-bond donors (Lipinski definition) is 0. The Hall–Kier alpha value is -4.38. The largest absolute Gasteiger partial charge is 0.457 e. The average molecular weight is 438 g/mol. The van der Waals surface area contributed by atoms with E-state index in [4.69, 9.17) is 14.2 Å². The zero-order valence-corrected chi connectivity index (χ0v) is 18.3. The second-order valence-electron chi connectivity index (χ2n) is 7.56. The monoisotopic (exact) mass is 438 g/mol. The van der Waals surface area contributed by atoms with Gasteiger partial charge in [0.1, 0.15) is 23.0 Å². The van der Waals surface area contributed by atoms with E-state index in [1.807, 2.05) is 38.1 Å². The third-order valence-corrected chi connectivity index (χ3v) is 4.81. The molecule has 4 aromatic rings. The second-order valence-corrected chi connectivity index (χ2v) is 7.56. The van der Waals surface area contributed by atoms with E-state index in [9.17, 15) is 9.59 Å². The van der Waals surface area contributed by atoms with Crippen molar-refractivity contribution in [3.8, 4) is 23.0 Å². The van der Waals surface area contributed by atoms with E-state index in [-0.39, 0.29) is 0 Å². The van der Waals surface area contributed by atoms with E-state index >= 15 is 0 Å². The van der Waals surface area contributed by atoms with Gasteiger partial charge in [0.25, 0.3) is 0 Å². The van der Waals surface area contributed by atoms with Crippen molar-refractivity contribution < 1.29 is 23.8 Å². The van der Waals surface area contributed by atoms with E-state index in [0.717, 1.165) is 11.1 Å². The zero-order chi connectivity index (χ0) is 23.2. The number of carbonyl (C=O) groups is 2. The number of esters is 2. The highest BCUT2D eigenvalue weighted by molar-refractivity contribution is 5.91. The van der Waals surface area contributed by atoms with Crippen LogP contribution in [0.15, 0.2) is 97.1 Å². The molecule has 33 heavy (non-hydrogen) atoms. The molecule has 0 aromatic heterocycles. The van der Waals surface area contributed by atoms with Crippen LogP contribution in [0.4, 0.5) is 0 Å². The summed E-state index contributed by atoms with van der Waals surface area (Å²) in [5.74, 6) is 1.18. The molecule has 4 aromatic carbocycles. The Balaban J connectivity index is 1.34. The van der Waals surface area contributed by atoms with Crippen LogP contribution in [0.2, 0.25) is 0 Å². The van der Waals surface area contributed by atoms with Crippen molar-refractivity contribution in [3.05, 3.63) is 119 Å². The smallest absolute Gasteiger partial charge is 0.343 e. The highest BCUT2D eigenvalue weighted by Gasteiger charge is 2.10. The number of carbonyl (C=O) groups excluding carboxylic acids is 2. The summed E-state index contributed by atoms with van der Waals surface area (Å²) in [6.07, 6.45) is 0. The summed E-state index contributed by atoms with van der Waals surface area (Å²) in [6, 6.07) is 28.0. The molecule has 0 fully saturated rings. The van der Waals surface area contributed by atoms with Crippen molar-refractivity contribution in [3.63, 3.8) is 0 Å². The average Bonchev–Trinajstić information content (AvgIpc) is 2.81. The normalized spacial score (nSPS) is 10.4. The number of aryl methyl sites for hydroxylation is 2. The molecule has 0 aliphatic rings. The topological polar surface area (TPSA) is 61.8 Å². The lowest BCUT2D eigenvalue weighted by molar-refractivity contribution is 0.0725. The SMILES string of the molecule is Cc1cccc(C(=O)Oc2ccc(Oc3ccc(OC(=O)c4cccc(C)c4)cc3)cc2)c1. The predicted octanol–water partition coefficient (Wildman–Crippen LogP) is 6.53. The molecule has 0 spiro atoms. The first kappa shape index (κ1) is 21.8. The maximum atomic E-state index is 12.3. The van der Waals surface area contributed by atoms with Crippen LogP contribution < -0.4 is 14.2 Å². The number of rotatable bonds is 6. The molecule has 0 amide bonds. The molecule has 0 N–H and O–H groups in total. The van der Waals surface area contributed by atoms with Crippen molar-refractivity contribution in [2.75, 3.05) is 0 Å². The molecule has 0 aliphatic carbocycles. The minimum Gasteiger partial charge on any atom is -0.457 e. The minimum absolute atomic E-state index is 0.414. The molecule has 0 atom stereocenters. The fraction of sp³-hybridized carbons (Fsp3) is 0.0714. The number of benzene rings is 4. The fourth-order valence-corrected chi connectivity index (χ4v) is 3.16. The molecule has 0 aliphatic heterocycles. The van der Waals surface area contributed by atoms with Gasteiger partial charge in [-0.25, -0.2) is 9.59 Å². The van der Waals surface area contributed by atoms with Gasteiger partial charge in [-0.15, -0.1) is 0 Å². The lowest BCUT2D eigenvalue weighted by Crippen LogP contribution is -2.08. The van der Waals surface area contributed by atoms with E-state index < -0.39 is 11.9 Å². The number of hydrogen-bond acceptors (Lipinski definition) is 5. The molecule has 164 valence electrons. The Morgan fingerprint density at radius 3 is 1.24 bits per heavy atom. The van der Waals surface area contributed by atoms with Crippen molar-refractivity contribution in [2.24, 2.45) is 0 Å². The van der Waals surface area contributed by atoms with Gasteiger partial charge in [-0.05, 0) is 86.6 Å². The van der Waals surface area contributed by atoms with Crippen LogP contribution in [0.5, 0.6) is 23.0 Å². The van der Waals surface area contributed by atoms with Gasteiger partial charge in [-0.1, -0.05) is 35.4 Å². The minimum atomic E-state index is -0.414. The van der Waals surface area contributed by atoms with Gasteiger partial charge in [-0.3, -0.25) is 0 Å². The van der Waals surface area contributed by atoms with E-state index in [1.54, 1.807) is 72.8 Å². The van der Waals surface area contributed by atoms with Crippen LogP contribution in [0.25, 0.3) is 0 Å². The van der Waals surface area contributed by atoms with E-state index in [0.29, 0.717) is 34.1 Å². The lowest BCUT2D eigenvalue weighted by atomic mass is 10.1. The molecule has 0 radical (unpaired) electrons. The summed E-state index contributed by atoms with van der Waals surface area (Å²) < 4.78 is 16.6. The molecule has 5 nitrogen and oxygen atoms in total. The van der Waals surface area contributed by atoms with Crippen LogP contribution in [-0.2, 0) is 0 Å². The van der Waals surface area contributed by atoms with Gasteiger partial charge in [0.15, 0.2) is 0 Å². The Morgan fingerprint density at radius 1 is 0.515 bits per heavy atom. The summed E-state index contributed by atoms with van der Waals surface area (Å²) in [4.78, 5) is 24.5. The summed E-state index contributed by atoms with van der Waals surface area (Å²) in [6.45, 7) is 3.84. The zero-order valence-electron chi connectivity index (χ0n) is 18.3. The first-order valence-electron chi connectivity index (χ1n) is 10.4. The molecule has 0 saturated carbocycles. The lowest BCUT2D eigenvalue weighted by Gasteiger charge is -2.09. The Kier molecular flexibility index (Phi) is 6.51. The van der Waals surface area contributed by atoms with E-state index in [2.05, 4.69) is 0 Å². The molecular formula is C28H22O5. The first-order valence-corrected chi connectivity index (χ1v) is 10.4. The maximum Gasteiger partial charge on any atom is 0.343 e. The molecule has 0 saturated heterocycles. The summed E-state index contributed by atoms with van der Waals surface area (Å²) >= 11 is 0. The Labute approximate surface area is 192 Å². The third-order valence-electron chi connectivity index (χ3n) is 4.81. The molecule has 0 unspecified atom stereocenters. The van der Waals surface area contributed by atoms with Crippen molar-refractivity contribution in [1.82, 2.24) is 0 Å². The van der Waals surface area contributed by atoms with Crippen LogP contribution >= 0.6 is 0 Å². The third kappa shape index (κ3) is 5.86. The molecule has 0 bridgehead atoms. The fourth-order valence-electron chi connectivity index (χ4n) is 3.16. The van der Waals surface area contributed by atoms with Crippen LogP contribution in [0.1, 0.15) is 31.8 Å². The molecule has 5 heteroatoms. The van der Waals surface area contributed by atoms with Crippen LogP contribution in [0.3, 0.4) is 0 Å². The van der Waals surface area contributed by atoms with Crippen LogP contribution in [-0.4, -0.2) is 11.9 Å². The summed E-state index contributed by atoms with van der Waals surface area (Å²) in [5, 5.41) is 0. The highest BCUT2D eigenvalue weighted by Crippen LogP contribution is 2.26. The standard InChI is InChI=1S/C28H22O5/c1-19-5-3-7-21(17-19)27(29)32-25-13-9-23(10-14-25)31-24-11-15-26(16-12-24)33-28(30)22-8-4-6-20(2)18-22/h3-18H,1-2H3.